The van der Waals surface area contributed by atoms with E-state index in [-0.39, 0.29) is 0 Å². The Morgan fingerprint density at radius 3 is 2.75 bits per heavy atom. The molecular weight excluding hydrogens is 346 g/mol. The summed E-state index contributed by atoms with van der Waals surface area (Å²) in [4.78, 5) is 9.47. The Morgan fingerprint density at radius 1 is 1.18 bits per heavy atom. The van der Waals surface area contributed by atoms with Crippen molar-refractivity contribution >= 4 is 17.0 Å². The zero-order valence-electron chi connectivity index (χ0n) is 16.8. The van der Waals surface area contributed by atoms with Crippen LogP contribution in [0.25, 0.3) is 11.2 Å². The highest BCUT2D eigenvalue weighted by atomic mass is 15.3. The van der Waals surface area contributed by atoms with E-state index >= 15 is 0 Å². The highest BCUT2D eigenvalue weighted by Crippen LogP contribution is 2.25. The highest BCUT2D eigenvalue weighted by Gasteiger charge is 2.13. The lowest BCUT2D eigenvalue weighted by molar-refractivity contribution is 0.818. The van der Waals surface area contributed by atoms with Gasteiger partial charge in [-0.2, -0.15) is 9.61 Å². The summed E-state index contributed by atoms with van der Waals surface area (Å²) in [5.41, 5.74) is 6.53. The molecular formula is C23H27N5. The first-order valence-corrected chi connectivity index (χ1v) is 10.1. The van der Waals surface area contributed by atoms with Crippen molar-refractivity contribution in [3.05, 3.63) is 71.3 Å². The fourth-order valence-electron chi connectivity index (χ4n) is 3.41. The Kier molecular flexibility index (Phi) is 5.24. The fraction of sp³-hybridized carbons (Fsp3) is 0.348. The predicted molar refractivity (Wildman–Crippen MR) is 114 cm³/mol. The number of aryl methyl sites for hydroxylation is 1. The third-order valence-corrected chi connectivity index (χ3v) is 5.13. The van der Waals surface area contributed by atoms with Crippen LogP contribution < -0.4 is 5.32 Å². The number of hydrogen-bond acceptors (Lipinski definition) is 4. The summed E-state index contributed by atoms with van der Waals surface area (Å²) in [7, 11) is 0. The minimum Gasteiger partial charge on any atom is -0.366 e. The molecule has 0 unspecified atom stereocenters. The van der Waals surface area contributed by atoms with E-state index in [1.807, 2.05) is 16.9 Å². The van der Waals surface area contributed by atoms with E-state index in [2.05, 4.69) is 72.6 Å². The van der Waals surface area contributed by atoms with E-state index < -0.39 is 0 Å². The van der Waals surface area contributed by atoms with Crippen LogP contribution in [0.3, 0.4) is 0 Å². The molecule has 1 aliphatic carbocycles. The van der Waals surface area contributed by atoms with E-state index in [1.165, 1.54) is 5.57 Å². The second kappa shape index (κ2) is 7.97. The Bertz CT molecular complexity index is 1030. The number of pyridine rings is 1. The average Bonchev–Trinajstić information content (AvgIpc) is 3.16. The van der Waals surface area contributed by atoms with Crippen molar-refractivity contribution in [2.75, 3.05) is 5.32 Å². The molecule has 0 aliphatic heterocycles. The summed E-state index contributed by atoms with van der Waals surface area (Å²) in [5, 5.41) is 8.10. The van der Waals surface area contributed by atoms with Gasteiger partial charge in [0.25, 0.3) is 0 Å². The number of nitrogens with one attached hydrogen (secondary N) is 1. The van der Waals surface area contributed by atoms with Gasteiger partial charge in [0.1, 0.15) is 5.82 Å². The molecule has 28 heavy (non-hydrogen) atoms. The molecule has 5 heteroatoms. The van der Waals surface area contributed by atoms with Crippen LogP contribution in [0.4, 0.5) is 5.82 Å². The third-order valence-electron chi connectivity index (χ3n) is 5.13. The Hall–Kier alpha value is -2.95. The van der Waals surface area contributed by atoms with Gasteiger partial charge in [0.15, 0.2) is 5.65 Å². The molecule has 0 spiro atoms. The summed E-state index contributed by atoms with van der Waals surface area (Å²) in [6.07, 6.45) is 13.6. The summed E-state index contributed by atoms with van der Waals surface area (Å²) < 4.78 is 1.91. The molecule has 3 aromatic heterocycles. The van der Waals surface area contributed by atoms with E-state index in [1.54, 1.807) is 0 Å². The van der Waals surface area contributed by atoms with Crippen LogP contribution in [0.2, 0.25) is 0 Å². The number of nitrogens with zero attached hydrogens (tertiary/aromatic N) is 4. The smallest absolute Gasteiger partial charge is 0.161 e. The van der Waals surface area contributed by atoms with Crippen LogP contribution in [0.1, 0.15) is 62.0 Å². The molecule has 0 aromatic carbocycles. The minimum atomic E-state index is 0.442. The fourth-order valence-corrected chi connectivity index (χ4v) is 3.41. The lowest BCUT2D eigenvalue weighted by atomic mass is 10.0. The van der Waals surface area contributed by atoms with Crippen LogP contribution in [0.5, 0.6) is 0 Å². The van der Waals surface area contributed by atoms with Crippen molar-refractivity contribution in [3.63, 3.8) is 0 Å². The van der Waals surface area contributed by atoms with Gasteiger partial charge in [-0.1, -0.05) is 45.1 Å². The zero-order chi connectivity index (χ0) is 19.5. The molecule has 1 N–H and O–H groups in total. The van der Waals surface area contributed by atoms with Gasteiger partial charge < -0.3 is 5.32 Å². The summed E-state index contributed by atoms with van der Waals surface area (Å²) in [6.45, 7) is 7.15. The van der Waals surface area contributed by atoms with Crippen molar-refractivity contribution in [1.82, 2.24) is 19.6 Å². The number of allylic oxidation sites excluding steroid dienone is 4. The molecule has 3 heterocycles. The molecule has 144 valence electrons. The maximum absolute atomic E-state index is 4.90. The SMILES string of the molecule is CCc1cnn2c(NCc3ccc(C(C)C)nc3)cc(C3=CCCC=C3)nc12. The normalized spacial score (nSPS) is 13.9. The van der Waals surface area contributed by atoms with E-state index in [0.29, 0.717) is 12.5 Å². The molecule has 0 bridgehead atoms. The lowest BCUT2D eigenvalue weighted by Crippen LogP contribution is -2.08. The second-order valence-corrected chi connectivity index (χ2v) is 7.52. The van der Waals surface area contributed by atoms with Crippen LogP contribution in [-0.4, -0.2) is 19.6 Å². The van der Waals surface area contributed by atoms with E-state index in [9.17, 15) is 0 Å². The first-order chi connectivity index (χ1) is 13.7. The van der Waals surface area contributed by atoms with Crippen LogP contribution in [0.15, 0.2) is 48.8 Å². The second-order valence-electron chi connectivity index (χ2n) is 7.52. The van der Waals surface area contributed by atoms with Gasteiger partial charge in [-0.05, 0) is 42.4 Å². The molecule has 5 nitrogen and oxygen atoms in total. The monoisotopic (exact) mass is 373 g/mol. The maximum atomic E-state index is 4.90. The summed E-state index contributed by atoms with van der Waals surface area (Å²) in [6, 6.07) is 6.34. The summed E-state index contributed by atoms with van der Waals surface area (Å²) >= 11 is 0. The average molecular weight is 374 g/mol. The van der Waals surface area contributed by atoms with Crippen LogP contribution in [-0.2, 0) is 13.0 Å². The number of aromatic nitrogens is 4. The van der Waals surface area contributed by atoms with Crippen molar-refractivity contribution in [3.8, 4) is 0 Å². The Labute approximate surface area is 166 Å². The topological polar surface area (TPSA) is 55.1 Å². The molecule has 3 aromatic rings. The Balaban J connectivity index is 1.66. The third kappa shape index (κ3) is 3.70. The van der Waals surface area contributed by atoms with Gasteiger partial charge in [0, 0.05) is 30.1 Å². The number of fused-ring (bicyclic) bond motifs is 1. The number of rotatable bonds is 6. The first-order valence-electron chi connectivity index (χ1n) is 10.1. The lowest BCUT2D eigenvalue weighted by Gasteiger charge is -2.13. The minimum absolute atomic E-state index is 0.442. The Morgan fingerprint density at radius 2 is 2.07 bits per heavy atom. The molecule has 0 radical (unpaired) electrons. The van der Waals surface area contributed by atoms with Gasteiger partial charge >= 0.3 is 0 Å². The molecule has 1 aliphatic rings. The predicted octanol–water partition coefficient (Wildman–Crippen LogP) is 5.16. The number of hydrogen-bond donors (Lipinski definition) is 1. The van der Waals surface area contributed by atoms with Crippen molar-refractivity contribution in [2.45, 2.75) is 52.5 Å². The van der Waals surface area contributed by atoms with Crippen molar-refractivity contribution in [2.24, 2.45) is 0 Å². The van der Waals surface area contributed by atoms with Crippen molar-refractivity contribution in [1.29, 1.82) is 0 Å². The van der Waals surface area contributed by atoms with Gasteiger partial charge in [0.05, 0.1) is 11.9 Å². The molecule has 4 rings (SSSR count). The molecule has 0 fully saturated rings. The largest absolute Gasteiger partial charge is 0.366 e. The molecule has 0 amide bonds. The summed E-state index contributed by atoms with van der Waals surface area (Å²) in [5.74, 6) is 1.39. The van der Waals surface area contributed by atoms with Crippen LogP contribution in [0, 0.1) is 0 Å². The van der Waals surface area contributed by atoms with Gasteiger partial charge in [-0.25, -0.2) is 4.98 Å². The first kappa shape index (κ1) is 18.4. The van der Waals surface area contributed by atoms with Gasteiger partial charge in [-0.3, -0.25) is 4.98 Å². The standard InChI is InChI=1S/C23H27N5/c1-4-18-15-26-28-22(25-14-17-10-11-20(16(2)3)24-13-17)12-21(27-23(18)28)19-8-6-5-7-9-19/h6,8-13,15-16,25H,4-5,7,14H2,1-3H3. The highest BCUT2D eigenvalue weighted by molar-refractivity contribution is 5.75. The molecule has 0 saturated heterocycles. The van der Waals surface area contributed by atoms with Crippen LogP contribution >= 0.6 is 0 Å². The number of anilines is 1. The molecule has 0 atom stereocenters. The van der Waals surface area contributed by atoms with Gasteiger partial charge in [-0.15, -0.1) is 0 Å². The van der Waals surface area contributed by atoms with E-state index in [4.69, 9.17) is 4.98 Å². The van der Waals surface area contributed by atoms with Gasteiger partial charge in [0.2, 0.25) is 0 Å². The zero-order valence-corrected chi connectivity index (χ0v) is 16.8. The van der Waals surface area contributed by atoms with Crippen molar-refractivity contribution < 1.29 is 0 Å². The maximum Gasteiger partial charge on any atom is 0.161 e. The molecule has 0 saturated carbocycles. The quantitative estimate of drug-likeness (QED) is 0.649. The van der Waals surface area contributed by atoms with E-state index in [0.717, 1.165) is 53.2 Å².